The summed E-state index contributed by atoms with van der Waals surface area (Å²) in [6.45, 7) is 0.217. The number of rotatable bonds is 3. The summed E-state index contributed by atoms with van der Waals surface area (Å²) >= 11 is 0. The molecule has 0 heterocycles. The highest BCUT2D eigenvalue weighted by Gasteiger charge is 2.17. The van der Waals surface area contributed by atoms with Crippen LogP contribution in [0.5, 0.6) is 0 Å². The van der Waals surface area contributed by atoms with Crippen molar-refractivity contribution < 1.29 is 4.74 Å². The van der Waals surface area contributed by atoms with Crippen LogP contribution in [0.2, 0.25) is 0 Å². The molecule has 0 radical (unpaired) electrons. The summed E-state index contributed by atoms with van der Waals surface area (Å²) in [7, 11) is 0. The molecule has 0 saturated heterocycles. The van der Waals surface area contributed by atoms with Crippen molar-refractivity contribution >= 4 is 5.76 Å². The van der Waals surface area contributed by atoms with Gasteiger partial charge in [0.1, 0.15) is 12.5 Å². The van der Waals surface area contributed by atoms with Crippen LogP contribution in [0.15, 0.2) is 60.2 Å². The molecule has 22 heavy (non-hydrogen) atoms. The molecule has 3 rings (SSSR count). The van der Waals surface area contributed by atoms with Gasteiger partial charge in [-0.2, -0.15) is 0 Å². The van der Waals surface area contributed by atoms with Gasteiger partial charge in [0.25, 0.3) is 0 Å². The topological polar surface area (TPSA) is 35.2 Å². The van der Waals surface area contributed by atoms with Crippen molar-refractivity contribution in [1.82, 2.24) is 0 Å². The predicted octanol–water partition coefficient (Wildman–Crippen LogP) is 3.91. The molecule has 110 valence electrons. The molecule has 0 aromatic heterocycles. The van der Waals surface area contributed by atoms with Crippen LogP contribution in [0, 0.1) is 11.8 Å². The Morgan fingerprint density at radius 2 is 1.55 bits per heavy atom. The van der Waals surface area contributed by atoms with Gasteiger partial charge in [-0.05, 0) is 49.1 Å². The quantitative estimate of drug-likeness (QED) is 0.528. The van der Waals surface area contributed by atoms with Crippen molar-refractivity contribution in [2.45, 2.75) is 19.3 Å². The second-order valence-electron chi connectivity index (χ2n) is 5.29. The third-order valence-corrected chi connectivity index (χ3v) is 3.78. The van der Waals surface area contributed by atoms with Crippen molar-refractivity contribution in [3.05, 3.63) is 76.9 Å². The van der Waals surface area contributed by atoms with E-state index in [2.05, 4.69) is 24.0 Å². The van der Waals surface area contributed by atoms with Crippen molar-refractivity contribution in [2.24, 2.45) is 5.73 Å². The van der Waals surface area contributed by atoms with Gasteiger partial charge in [0.15, 0.2) is 0 Å². The number of nitrogens with two attached hydrogens (primary N) is 1. The van der Waals surface area contributed by atoms with Gasteiger partial charge in [0.05, 0.1) is 0 Å². The van der Waals surface area contributed by atoms with E-state index in [0.717, 1.165) is 35.3 Å². The molecule has 2 aromatic carbocycles. The van der Waals surface area contributed by atoms with Crippen LogP contribution in [0.4, 0.5) is 0 Å². The minimum atomic E-state index is 0.217. The first kappa shape index (κ1) is 14.4. The Bertz CT molecular complexity index is 712. The maximum absolute atomic E-state index is 5.62. The Morgan fingerprint density at radius 1 is 0.909 bits per heavy atom. The second kappa shape index (κ2) is 6.98. The van der Waals surface area contributed by atoms with E-state index < -0.39 is 0 Å². The molecule has 0 atom stereocenters. The maximum Gasteiger partial charge on any atom is 0.137 e. The molecule has 0 bridgehead atoms. The lowest BCUT2D eigenvalue weighted by atomic mass is 9.89. The molecule has 2 heteroatoms. The molecule has 1 aliphatic rings. The summed E-state index contributed by atoms with van der Waals surface area (Å²) in [4.78, 5) is 0. The Balaban J connectivity index is 1.80. The summed E-state index contributed by atoms with van der Waals surface area (Å²) in [6.07, 6.45) is 3.48. The summed E-state index contributed by atoms with van der Waals surface area (Å²) in [5.74, 6) is 7.31. The molecular weight excluding hydrogens is 270 g/mol. The fourth-order valence-corrected chi connectivity index (χ4v) is 2.42. The van der Waals surface area contributed by atoms with Crippen LogP contribution in [0.1, 0.15) is 36.0 Å². The number of allylic oxidation sites excluding steroid dienone is 1. The van der Waals surface area contributed by atoms with Crippen LogP contribution < -0.4 is 5.73 Å². The van der Waals surface area contributed by atoms with E-state index in [9.17, 15) is 0 Å². The lowest BCUT2D eigenvalue weighted by Gasteiger charge is -2.22. The molecule has 1 aliphatic carbocycles. The number of ether oxygens (including phenoxy) is 1. The minimum Gasteiger partial charge on any atom is -0.478 e. The summed E-state index contributed by atoms with van der Waals surface area (Å²) in [6, 6.07) is 18.2. The van der Waals surface area contributed by atoms with Crippen LogP contribution in [0.3, 0.4) is 0 Å². The van der Waals surface area contributed by atoms with Gasteiger partial charge in [-0.3, -0.25) is 5.73 Å². The zero-order valence-electron chi connectivity index (χ0n) is 12.5. The zero-order valence-corrected chi connectivity index (χ0v) is 12.5. The molecule has 2 N–H and O–H groups in total. The smallest absolute Gasteiger partial charge is 0.137 e. The highest BCUT2D eigenvalue weighted by molar-refractivity contribution is 5.65. The van der Waals surface area contributed by atoms with Crippen molar-refractivity contribution in [3.8, 4) is 11.8 Å². The number of hydrogen-bond donors (Lipinski definition) is 1. The van der Waals surface area contributed by atoms with E-state index in [0.29, 0.717) is 0 Å². The van der Waals surface area contributed by atoms with Crippen LogP contribution in [0.25, 0.3) is 5.76 Å². The maximum atomic E-state index is 5.62. The van der Waals surface area contributed by atoms with E-state index in [-0.39, 0.29) is 6.73 Å². The zero-order chi connectivity index (χ0) is 15.2. The molecule has 2 aromatic rings. The summed E-state index contributed by atoms with van der Waals surface area (Å²) in [5, 5.41) is 0. The summed E-state index contributed by atoms with van der Waals surface area (Å²) in [5.41, 5.74) is 10.0. The highest BCUT2D eigenvalue weighted by atomic mass is 16.5. The first-order valence-electron chi connectivity index (χ1n) is 7.59. The van der Waals surface area contributed by atoms with Gasteiger partial charge in [-0.25, -0.2) is 0 Å². The average Bonchev–Trinajstić information content (AvgIpc) is 2.52. The fourth-order valence-electron chi connectivity index (χ4n) is 2.42. The van der Waals surface area contributed by atoms with Crippen LogP contribution in [-0.4, -0.2) is 6.73 Å². The predicted molar refractivity (Wildman–Crippen MR) is 89.8 cm³/mol. The first-order valence-corrected chi connectivity index (χ1v) is 7.59. The summed E-state index contributed by atoms with van der Waals surface area (Å²) < 4.78 is 5.62. The van der Waals surface area contributed by atoms with E-state index in [1.807, 2.05) is 42.5 Å². The Kier molecular flexibility index (Phi) is 4.58. The Labute approximate surface area is 131 Å². The van der Waals surface area contributed by atoms with Crippen molar-refractivity contribution in [2.75, 3.05) is 6.73 Å². The van der Waals surface area contributed by atoms with E-state index in [4.69, 9.17) is 10.5 Å². The van der Waals surface area contributed by atoms with Gasteiger partial charge in [0, 0.05) is 16.7 Å². The standard InChI is InChI=1S/C20H19NO/c21-15-22-20(18-7-4-8-18)19-13-11-17(12-14-19)10-9-16-5-2-1-3-6-16/h1-3,5-6,11-14H,4,7-8,15,21H2. The monoisotopic (exact) mass is 289 g/mol. The second-order valence-corrected chi connectivity index (χ2v) is 5.29. The minimum absolute atomic E-state index is 0.217. The van der Waals surface area contributed by atoms with Gasteiger partial charge >= 0.3 is 0 Å². The highest BCUT2D eigenvalue weighted by Crippen LogP contribution is 2.34. The van der Waals surface area contributed by atoms with E-state index in [1.165, 1.54) is 12.0 Å². The third-order valence-electron chi connectivity index (χ3n) is 3.78. The largest absolute Gasteiger partial charge is 0.478 e. The van der Waals surface area contributed by atoms with Crippen molar-refractivity contribution in [3.63, 3.8) is 0 Å². The first-order chi connectivity index (χ1) is 10.9. The van der Waals surface area contributed by atoms with E-state index >= 15 is 0 Å². The van der Waals surface area contributed by atoms with Gasteiger partial charge in [-0.1, -0.05) is 42.2 Å². The number of hydrogen-bond acceptors (Lipinski definition) is 2. The average molecular weight is 289 g/mol. The third kappa shape index (κ3) is 3.39. The van der Waals surface area contributed by atoms with Gasteiger partial charge in [0.2, 0.25) is 0 Å². The molecular formula is C20H19NO. The van der Waals surface area contributed by atoms with E-state index in [1.54, 1.807) is 0 Å². The fraction of sp³-hybridized carbons (Fsp3) is 0.200. The molecule has 0 spiro atoms. The van der Waals surface area contributed by atoms with Gasteiger partial charge in [-0.15, -0.1) is 0 Å². The molecule has 0 aliphatic heterocycles. The lowest BCUT2D eigenvalue weighted by molar-refractivity contribution is 0.281. The van der Waals surface area contributed by atoms with Gasteiger partial charge < -0.3 is 4.74 Å². The van der Waals surface area contributed by atoms with Crippen LogP contribution >= 0.6 is 0 Å². The van der Waals surface area contributed by atoms with Crippen molar-refractivity contribution in [1.29, 1.82) is 0 Å². The van der Waals surface area contributed by atoms with Crippen LogP contribution in [-0.2, 0) is 4.74 Å². The molecule has 0 amide bonds. The molecule has 0 unspecified atom stereocenters. The molecule has 1 saturated carbocycles. The SMILES string of the molecule is NCOC(=C1CCC1)c1ccc(C#Cc2ccccc2)cc1. The number of benzene rings is 2. The molecule has 2 nitrogen and oxygen atoms in total. The Hall–Kier alpha value is -2.50. The normalized spacial score (nSPS) is 12.9. The molecule has 1 fully saturated rings. The Morgan fingerprint density at radius 3 is 2.09 bits per heavy atom. The lowest BCUT2D eigenvalue weighted by Crippen LogP contribution is -2.09.